The highest BCUT2D eigenvalue weighted by atomic mass is 16.7. The second kappa shape index (κ2) is 21.5. The van der Waals surface area contributed by atoms with E-state index in [0.717, 1.165) is 19.6 Å². The Labute approximate surface area is 425 Å². The number of phenolic OH excluding ortho intramolecular Hbond substituents is 2. The number of nitrogens with zero attached hydrogens (tertiary/aromatic N) is 3. The van der Waals surface area contributed by atoms with Crippen LogP contribution in [-0.2, 0) is 23.8 Å². The van der Waals surface area contributed by atoms with Gasteiger partial charge >= 0.3 is 11.8 Å². The number of phenols is 2. The van der Waals surface area contributed by atoms with E-state index in [1.54, 1.807) is 90.1 Å². The van der Waals surface area contributed by atoms with Crippen molar-refractivity contribution in [2.24, 2.45) is 39.6 Å². The van der Waals surface area contributed by atoms with Gasteiger partial charge in [0.2, 0.25) is 0 Å². The lowest BCUT2D eigenvalue weighted by atomic mass is 9.78. The zero-order valence-corrected chi connectivity index (χ0v) is 43.4. The number of fused-ring (bicyclic) bond motifs is 2. The van der Waals surface area contributed by atoms with Crippen LogP contribution in [0.2, 0.25) is 0 Å². The van der Waals surface area contributed by atoms with Gasteiger partial charge in [-0.15, -0.1) is 0 Å². The monoisotopic (exact) mass is 1000 g/mol. The first-order valence-electron chi connectivity index (χ1n) is 24.9. The van der Waals surface area contributed by atoms with E-state index in [4.69, 9.17) is 23.9 Å². The van der Waals surface area contributed by atoms with Crippen LogP contribution in [0.1, 0.15) is 112 Å². The van der Waals surface area contributed by atoms with Crippen molar-refractivity contribution in [3.8, 4) is 17.2 Å². The van der Waals surface area contributed by atoms with Gasteiger partial charge in [-0.25, -0.2) is 4.99 Å². The van der Waals surface area contributed by atoms with E-state index in [2.05, 4.69) is 29.1 Å². The fraction of sp³-hybridized carbons (Fsp3) is 0.482. The molecule has 1 fully saturated rings. The lowest BCUT2D eigenvalue weighted by Gasteiger charge is -2.38. The van der Waals surface area contributed by atoms with Crippen LogP contribution in [0.3, 0.4) is 0 Å². The SMILES string of the molecule is CO[C@H]1/C=C/O[C@@]2(C)Oc3c(C)c(O)c4c(O)c(c5c(c4c3C2=O)NC2(CCN(CC(C)C)CC2)N=5)=NC(=O)/C(C)=C\C=C\[C@H](C)[C@H](O)[C@@H](C)[C@@H](O)[C@@H](C)[C@H](OC(C)=O)[C@@H]1C.O=C1C=CC(=O)c2ccccc21. The van der Waals surface area contributed by atoms with Crippen molar-refractivity contribution < 1.29 is 63.3 Å². The van der Waals surface area contributed by atoms with E-state index in [1.165, 1.54) is 39.4 Å². The maximum Gasteiger partial charge on any atom is 0.312 e. The average Bonchev–Trinajstić information content (AvgIpc) is 3.86. The van der Waals surface area contributed by atoms with Crippen molar-refractivity contribution >= 4 is 45.7 Å². The number of amides is 1. The molecule has 390 valence electrons. The first-order valence-corrected chi connectivity index (χ1v) is 24.9. The van der Waals surface area contributed by atoms with E-state index in [-0.39, 0.29) is 61.3 Å². The zero-order valence-electron chi connectivity index (χ0n) is 43.4. The third kappa shape index (κ3) is 10.6. The van der Waals surface area contributed by atoms with E-state index in [9.17, 15) is 44.4 Å². The molecule has 1 amide bonds. The predicted molar refractivity (Wildman–Crippen MR) is 272 cm³/mol. The van der Waals surface area contributed by atoms with Crippen LogP contribution >= 0.6 is 0 Å². The molecule has 73 heavy (non-hydrogen) atoms. The smallest absolute Gasteiger partial charge is 0.312 e. The first-order chi connectivity index (χ1) is 34.4. The summed E-state index contributed by atoms with van der Waals surface area (Å²) in [5.41, 5.74) is 0.898. The fourth-order valence-electron chi connectivity index (χ4n) is 10.5. The third-order valence-corrected chi connectivity index (χ3v) is 14.8. The molecule has 5 N–H and O–H groups in total. The summed E-state index contributed by atoms with van der Waals surface area (Å²) < 4.78 is 24.0. The highest BCUT2D eigenvalue weighted by molar-refractivity contribution is 6.22. The number of carbonyl (C=O) groups is 5. The summed E-state index contributed by atoms with van der Waals surface area (Å²) >= 11 is 0. The van der Waals surface area contributed by atoms with Crippen molar-refractivity contribution in [2.75, 3.05) is 32.1 Å². The van der Waals surface area contributed by atoms with Crippen LogP contribution < -0.4 is 20.8 Å². The van der Waals surface area contributed by atoms with Crippen LogP contribution in [0.4, 0.5) is 5.69 Å². The van der Waals surface area contributed by atoms with Gasteiger partial charge in [-0.05, 0) is 38.0 Å². The molecule has 17 nitrogen and oxygen atoms in total. The summed E-state index contributed by atoms with van der Waals surface area (Å²) in [6.45, 7) is 19.6. The Hall–Kier alpha value is -6.53. The maximum absolute atomic E-state index is 14.7. The molecular formula is C56H68N4O13. The summed E-state index contributed by atoms with van der Waals surface area (Å²) in [6.07, 6.45) is 7.69. The van der Waals surface area contributed by atoms with Crippen LogP contribution in [0.25, 0.3) is 10.8 Å². The molecule has 1 saturated heterocycles. The van der Waals surface area contributed by atoms with Crippen molar-refractivity contribution in [2.45, 2.75) is 118 Å². The molecule has 0 saturated carbocycles. The Bertz CT molecular complexity index is 2930. The normalized spacial score (nSPS) is 29.7. The Morgan fingerprint density at radius 2 is 1.52 bits per heavy atom. The summed E-state index contributed by atoms with van der Waals surface area (Å²) in [5.74, 6) is -6.75. The predicted octanol–water partition coefficient (Wildman–Crippen LogP) is 6.37. The molecule has 4 heterocycles. The number of esters is 1. The van der Waals surface area contributed by atoms with Gasteiger partial charge in [0.25, 0.3) is 11.7 Å². The van der Waals surface area contributed by atoms with Crippen molar-refractivity contribution in [3.63, 3.8) is 0 Å². The number of rotatable bonds is 4. The lowest BCUT2D eigenvalue weighted by Crippen LogP contribution is -2.47. The van der Waals surface area contributed by atoms with E-state index < -0.39 is 82.9 Å². The fourth-order valence-corrected chi connectivity index (χ4v) is 10.5. The van der Waals surface area contributed by atoms with Crippen molar-refractivity contribution in [3.05, 3.63) is 106 Å². The quantitative estimate of drug-likeness (QED) is 0.141. The molecule has 0 radical (unpaired) electrons. The number of aromatic hydroxyl groups is 2. The topological polar surface area (TPSA) is 243 Å². The van der Waals surface area contributed by atoms with Gasteiger partial charge in [-0.2, -0.15) is 0 Å². The number of anilines is 1. The number of ketones is 3. The second-order valence-corrected chi connectivity index (χ2v) is 20.6. The van der Waals surface area contributed by atoms with Gasteiger partial charge in [-0.3, -0.25) is 29.0 Å². The average molecular weight is 1010 g/mol. The summed E-state index contributed by atoms with van der Waals surface area (Å²) in [6, 6.07) is 6.84. The number of methoxy groups -OCH3 is 1. The maximum atomic E-state index is 14.7. The third-order valence-electron chi connectivity index (χ3n) is 14.8. The number of aliphatic hydroxyl groups is 2. The van der Waals surface area contributed by atoms with Gasteiger partial charge in [0.05, 0.1) is 41.2 Å². The second-order valence-electron chi connectivity index (χ2n) is 20.6. The van der Waals surface area contributed by atoms with Crippen LogP contribution in [0.5, 0.6) is 17.2 Å². The van der Waals surface area contributed by atoms with Crippen LogP contribution in [-0.4, -0.2) is 117 Å². The number of ether oxygens (including phenoxy) is 4. The van der Waals surface area contributed by atoms with Crippen LogP contribution in [0, 0.1) is 36.5 Å². The number of piperidine rings is 1. The molecule has 4 bridgehead atoms. The lowest BCUT2D eigenvalue weighted by molar-refractivity contribution is -0.160. The highest BCUT2D eigenvalue weighted by Gasteiger charge is 2.51. The standard InChI is InChI=1S/C46H62N4O11.C10H6O2/c1-22(2)21-50-18-16-46(17-19-50)48-34-31-32-39(54)28(8)42-33(31)43(56)45(10,61-42)59-20-15-30(58-11)25(5)41(60-29(9)51)27(7)38(53)26(6)37(52)23(3)13-12-14-24(4)44(57)47-36(40(32)55)35(34)49-46;11-9-5-6-10(12)8-4-2-1-3-7(8)9/h12-15,20,22-23,25-27,30,37-38,41,48,52-55H,16-19,21H2,1-11H3;1-6H/b13-12+,20-15+,24-14-,47-36?;/t23-,25+,26+,27+,30-,37-,38+,41+,45-;/m0./s1. The molecule has 3 aromatic rings. The van der Waals surface area contributed by atoms with E-state index >= 15 is 0 Å². The van der Waals surface area contributed by atoms with E-state index in [0.29, 0.717) is 35.6 Å². The molecular weight excluding hydrogens is 937 g/mol. The largest absolute Gasteiger partial charge is 0.507 e. The van der Waals surface area contributed by atoms with Gasteiger partial charge in [0, 0.05) is 105 Å². The number of hydrogen-bond acceptors (Lipinski definition) is 16. The van der Waals surface area contributed by atoms with Crippen molar-refractivity contribution in [1.82, 2.24) is 4.90 Å². The number of hydrogen-bond donors (Lipinski definition) is 5. The number of Topliss-reactive ketones (excluding diaryl/α,β-unsaturated/α-hetero) is 1. The first kappa shape index (κ1) is 54.2. The van der Waals surface area contributed by atoms with Gasteiger partial charge in [0.1, 0.15) is 34.0 Å². The molecule has 5 aliphatic rings. The molecule has 3 aromatic carbocycles. The van der Waals surface area contributed by atoms with Gasteiger partial charge in [-0.1, -0.05) is 84.0 Å². The Balaban J connectivity index is 0.000000564. The number of likely N-dealkylation sites (tertiary alicyclic amines) is 1. The summed E-state index contributed by atoms with van der Waals surface area (Å²) in [7, 11) is 1.47. The number of carbonyl (C=O) groups excluding carboxylic acids is 5. The molecule has 17 heteroatoms. The van der Waals surface area contributed by atoms with Gasteiger partial charge < -0.3 is 49.6 Å². The highest BCUT2D eigenvalue weighted by Crippen LogP contribution is 2.51. The Morgan fingerprint density at radius 3 is 2.11 bits per heavy atom. The molecule has 1 spiro atoms. The molecule has 0 aromatic heterocycles. The minimum absolute atomic E-state index is 0.0538. The molecule has 0 unspecified atom stereocenters. The van der Waals surface area contributed by atoms with E-state index in [1.807, 2.05) is 0 Å². The molecule has 4 aliphatic heterocycles. The minimum Gasteiger partial charge on any atom is -0.507 e. The molecule has 8 rings (SSSR count). The summed E-state index contributed by atoms with van der Waals surface area (Å²) in [4.78, 5) is 75.3. The number of nitrogens with one attached hydrogen (secondary N) is 1. The van der Waals surface area contributed by atoms with Gasteiger partial charge in [0.15, 0.2) is 17.3 Å². The summed E-state index contributed by atoms with van der Waals surface area (Å²) in [5, 5.41) is 50.5. The number of aliphatic hydroxyl groups excluding tert-OH is 2. The number of allylic oxidation sites excluding steroid dienone is 4. The molecule has 9 atom stereocenters. The van der Waals surface area contributed by atoms with Crippen LogP contribution in [0.15, 0.2) is 82.5 Å². The molecule has 1 aliphatic carbocycles. The Kier molecular flexibility index (Phi) is 16.0. The van der Waals surface area contributed by atoms with Crippen molar-refractivity contribution in [1.29, 1.82) is 0 Å². The number of benzene rings is 3. The minimum atomic E-state index is -1.95. The zero-order chi connectivity index (χ0) is 53.4. The Morgan fingerprint density at radius 1 is 0.890 bits per heavy atom.